The Bertz CT molecular complexity index is 224. The van der Waals surface area contributed by atoms with Crippen LogP contribution in [0.4, 0.5) is 0 Å². The molecule has 0 aliphatic carbocycles. The Morgan fingerprint density at radius 3 is 2.07 bits per heavy atom. The lowest BCUT2D eigenvalue weighted by Crippen LogP contribution is -1.86. The maximum absolute atomic E-state index is 5.74. The van der Waals surface area contributed by atoms with E-state index in [2.05, 4.69) is 0 Å². The van der Waals surface area contributed by atoms with Crippen molar-refractivity contribution in [3.8, 4) is 0 Å². The average molecular weight is 310 g/mol. The molecule has 0 aromatic carbocycles. The van der Waals surface area contributed by atoms with Crippen LogP contribution in [0.5, 0.6) is 0 Å². The molecule has 0 bridgehead atoms. The molecule has 0 aliphatic rings. The molecule has 5 heteroatoms. The monoisotopic (exact) mass is 308 g/mol. The van der Waals surface area contributed by atoms with E-state index < -0.39 is 0 Å². The number of halogens is 5. The van der Waals surface area contributed by atoms with Gasteiger partial charge in [0.1, 0.15) is 8.98 Å². The summed E-state index contributed by atoms with van der Waals surface area (Å²) >= 11 is 28.1. The minimum Gasteiger partial charge on any atom is -0.127 e. The fraction of sp³-hybridized carbons (Fsp3) is 0.600. The molecule has 0 rings (SSSR count). The van der Waals surface area contributed by atoms with Gasteiger partial charge in [-0.2, -0.15) is 0 Å². The predicted octanol–water partition coefficient (Wildman–Crippen LogP) is 6.18. The van der Waals surface area contributed by atoms with E-state index in [0.29, 0.717) is 16.8 Å². The molecule has 0 radical (unpaired) electrons. The van der Waals surface area contributed by atoms with Crippen molar-refractivity contribution in [1.82, 2.24) is 0 Å². The molecule has 0 atom stereocenters. The molecule has 0 nitrogen and oxygen atoms in total. The van der Waals surface area contributed by atoms with Crippen LogP contribution in [-0.2, 0) is 0 Å². The van der Waals surface area contributed by atoms with Crippen molar-refractivity contribution >= 4 is 58.0 Å². The first-order chi connectivity index (χ1) is 7.07. The summed E-state index contributed by atoms with van der Waals surface area (Å²) in [6.07, 6.45) is 6.26. The third kappa shape index (κ3) is 9.84. The summed E-state index contributed by atoms with van der Waals surface area (Å²) in [7, 11) is 0. The van der Waals surface area contributed by atoms with Gasteiger partial charge in [0.2, 0.25) is 0 Å². The molecule has 0 heterocycles. The Morgan fingerprint density at radius 2 is 1.60 bits per heavy atom. The second kappa shape index (κ2) is 10.1. The van der Waals surface area contributed by atoms with Crippen molar-refractivity contribution < 1.29 is 0 Å². The van der Waals surface area contributed by atoms with Crippen LogP contribution in [-0.4, -0.2) is 5.88 Å². The van der Waals surface area contributed by atoms with Gasteiger partial charge in [0.05, 0.1) is 0 Å². The molecule has 0 unspecified atom stereocenters. The Balaban J connectivity index is 3.97. The van der Waals surface area contributed by atoms with Crippen LogP contribution in [0.15, 0.2) is 20.6 Å². The third-order valence-corrected chi connectivity index (χ3v) is 2.99. The van der Waals surface area contributed by atoms with Crippen molar-refractivity contribution in [3.05, 3.63) is 20.6 Å². The highest BCUT2D eigenvalue weighted by atomic mass is 35.5. The highest BCUT2D eigenvalue weighted by molar-refractivity contribution is 6.56. The summed E-state index contributed by atoms with van der Waals surface area (Å²) < 4.78 is 0.551. The van der Waals surface area contributed by atoms with E-state index in [0.717, 1.165) is 31.3 Å². The van der Waals surface area contributed by atoms with Gasteiger partial charge in [-0.1, -0.05) is 58.9 Å². The van der Waals surface area contributed by atoms with Crippen molar-refractivity contribution in [2.75, 3.05) is 5.88 Å². The van der Waals surface area contributed by atoms with Crippen LogP contribution in [0, 0.1) is 0 Å². The van der Waals surface area contributed by atoms with Gasteiger partial charge in [-0.15, -0.1) is 11.6 Å². The lowest BCUT2D eigenvalue weighted by Gasteiger charge is -2.04. The number of hydrogen-bond donors (Lipinski definition) is 0. The molecule has 0 N–H and O–H groups in total. The van der Waals surface area contributed by atoms with Gasteiger partial charge in [0.25, 0.3) is 0 Å². The molecule has 0 saturated heterocycles. The SMILES string of the molecule is ClCCCCCC(CC=C(Cl)Cl)=C(Cl)Cl. The largest absolute Gasteiger partial charge is 0.127 e. The van der Waals surface area contributed by atoms with E-state index in [1.165, 1.54) is 0 Å². The number of unbranched alkanes of at least 4 members (excludes halogenated alkanes) is 2. The number of alkyl halides is 1. The Hall–Kier alpha value is 0.930. The second-order valence-corrected chi connectivity index (χ2v) is 5.40. The Kier molecular flexibility index (Phi) is 10.7. The van der Waals surface area contributed by atoms with E-state index in [9.17, 15) is 0 Å². The van der Waals surface area contributed by atoms with Crippen molar-refractivity contribution in [3.63, 3.8) is 0 Å². The zero-order valence-corrected chi connectivity index (χ0v) is 12.0. The average Bonchev–Trinajstić information content (AvgIpc) is 2.15. The van der Waals surface area contributed by atoms with Crippen molar-refractivity contribution in [2.45, 2.75) is 32.1 Å². The first-order valence-corrected chi connectivity index (χ1v) is 6.72. The number of hydrogen-bond acceptors (Lipinski definition) is 0. The Morgan fingerprint density at radius 1 is 0.933 bits per heavy atom. The number of allylic oxidation sites excluding steroid dienone is 2. The lowest BCUT2D eigenvalue weighted by atomic mass is 10.1. The predicted molar refractivity (Wildman–Crippen MR) is 72.3 cm³/mol. The van der Waals surface area contributed by atoms with E-state index in [1.54, 1.807) is 6.08 Å². The van der Waals surface area contributed by atoms with Gasteiger partial charge in [-0.25, -0.2) is 0 Å². The molecule has 0 aliphatic heterocycles. The smallest absolute Gasteiger partial charge is 0.106 e. The van der Waals surface area contributed by atoms with Crippen LogP contribution in [0.3, 0.4) is 0 Å². The number of rotatable bonds is 7. The Labute approximate surface area is 116 Å². The van der Waals surface area contributed by atoms with Gasteiger partial charge in [-0.3, -0.25) is 0 Å². The van der Waals surface area contributed by atoms with Gasteiger partial charge in [0, 0.05) is 5.88 Å². The molecular formula is C10H13Cl5. The standard InChI is InChI=1S/C10H13Cl5/c11-7-3-1-2-4-8(10(14)15)5-6-9(12)13/h6H,1-5,7H2. The first-order valence-electron chi connectivity index (χ1n) is 4.68. The summed E-state index contributed by atoms with van der Waals surface area (Å²) in [6.45, 7) is 0. The van der Waals surface area contributed by atoms with Gasteiger partial charge >= 0.3 is 0 Å². The summed E-state index contributed by atoms with van der Waals surface area (Å²) in [5, 5.41) is 0. The molecule has 0 aromatic rings. The maximum atomic E-state index is 5.74. The van der Waals surface area contributed by atoms with Gasteiger partial charge in [0.15, 0.2) is 0 Å². The lowest BCUT2D eigenvalue weighted by molar-refractivity contribution is 0.710. The van der Waals surface area contributed by atoms with E-state index in [1.807, 2.05) is 0 Å². The van der Waals surface area contributed by atoms with Gasteiger partial charge in [-0.05, 0) is 31.3 Å². The molecular weight excluding hydrogens is 297 g/mol. The molecule has 0 aromatic heterocycles. The van der Waals surface area contributed by atoms with Crippen LogP contribution in [0.25, 0.3) is 0 Å². The van der Waals surface area contributed by atoms with E-state index in [4.69, 9.17) is 58.0 Å². The minimum atomic E-state index is 0.239. The van der Waals surface area contributed by atoms with Crippen LogP contribution >= 0.6 is 58.0 Å². The quantitative estimate of drug-likeness (QED) is 0.389. The van der Waals surface area contributed by atoms with Crippen molar-refractivity contribution in [2.24, 2.45) is 0 Å². The molecule has 0 fully saturated rings. The molecule has 0 amide bonds. The summed E-state index contributed by atoms with van der Waals surface area (Å²) in [5.74, 6) is 0.696. The zero-order chi connectivity index (χ0) is 11.7. The van der Waals surface area contributed by atoms with Crippen LogP contribution in [0.1, 0.15) is 32.1 Å². The molecule has 0 spiro atoms. The third-order valence-electron chi connectivity index (χ3n) is 1.88. The van der Waals surface area contributed by atoms with E-state index in [-0.39, 0.29) is 4.49 Å². The normalized spacial score (nSPS) is 9.93. The second-order valence-electron chi connectivity index (χ2n) is 3.06. The minimum absolute atomic E-state index is 0.239. The topological polar surface area (TPSA) is 0 Å². The molecule has 0 saturated carbocycles. The van der Waals surface area contributed by atoms with Gasteiger partial charge < -0.3 is 0 Å². The summed E-state index contributed by atoms with van der Waals surface area (Å²) in [5.41, 5.74) is 0.965. The fourth-order valence-corrected chi connectivity index (χ4v) is 1.77. The fourth-order valence-electron chi connectivity index (χ4n) is 1.08. The molecule has 88 valence electrons. The van der Waals surface area contributed by atoms with Crippen LogP contribution < -0.4 is 0 Å². The highest BCUT2D eigenvalue weighted by Gasteiger charge is 2.02. The zero-order valence-electron chi connectivity index (χ0n) is 8.21. The summed E-state index contributed by atoms with van der Waals surface area (Å²) in [4.78, 5) is 0. The van der Waals surface area contributed by atoms with Crippen LogP contribution in [0.2, 0.25) is 0 Å². The summed E-state index contributed by atoms with van der Waals surface area (Å²) in [6, 6.07) is 0. The molecule has 15 heavy (non-hydrogen) atoms. The van der Waals surface area contributed by atoms with E-state index >= 15 is 0 Å². The van der Waals surface area contributed by atoms with Crippen molar-refractivity contribution in [1.29, 1.82) is 0 Å². The maximum Gasteiger partial charge on any atom is 0.106 e. The first kappa shape index (κ1) is 15.9. The highest BCUT2D eigenvalue weighted by Crippen LogP contribution is 2.24.